The first-order valence-corrected chi connectivity index (χ1v) is 6.01. The second kappa shape index (κ2) is 6.30. The molecule has 0 saturated carbocycles. The van der Waals surface area contributed by atoms with Gasteiger partial charge in [-0.05, 0) is 24.3 Å². The van der Waals surface area contributed by atoms with Crippen LogP contribution in [-0.2, 0) is 0 Å². The number of carbonyl (C=O) groups excluding carboxylic acids is 1. The summed E-state index contributed by atoms with van der Waals surface area (Å²) in [5.74, 6) is -0.676. The molecule has 0 fully saturated rings. The molecule has 0 saturated heterocycles. The van der Waals surface area contributed by atoms with Gasteiger partial charge in [0, 0.05) is 0 Å². The Kier molecular flexibility index (Phi) is 4.47. The number of para-hydroxylation sites is 2. The van der Waals surface area contributed by atoms with Crippen LogP contribution >= 0.6 is 0 Å². The molecule has 2 rings (SSSR count). The van der Waals surface area contributed by atoms with Gasteiger partial charge in [-0.3, -0.25) is 4.79 Å². The minimum absolute atomic E-state index is 0.175. The number of hydrogen-bond acceptors (Lipinski definition) is 3. The number of hydrogen-bond donors (Lipinski definition) is 0. The van der Waals surface area contributed by atoms with Crippen LogP contribution in [0.15, 0.2) is 54.6 Å². The molecule has 0 aromatic heterocycles. The fraction of sp³-hybridized carbons (Fsp3) is 0.133. The summed E-state index contributed by atoms with van der Waals surface area (Å²) < 4.78 is 45.9. The van der Waals surface area contributed by atoms with Crippen molar-refractivity contribution in [3.05, 3.63) is 60.2 Å². The molecule has 0 N–H and O–H groups in total. The quantitative estimate of drug-likeness (QED) is 0.786. The Hall–Kier alpha value is -2.50. The SMILES string of the molecule is O=C(COc1ccccc1)c1ccccc1OC(F)(F)F. The van der Waals surface area contributed by atoms with Crippen molar-refractivity contribution in [2.24, 2.45) is 0 Å². The lowest BCUT2D eigenvalue weighted by Crippen LogP contribution is -2.20. The molecule has 3 nitrogen and oxygen atoms in total. The smallest absolute Gasteiger partial charge is 0.485 e. The fourth-order valence-electron chi connectivity index (χ4n) is 1.65. The maximum atomic E-state index is 12.3. The van der Waals surface area contributed by atoms with E-state index in [9.17, 15) is 18.0 Å². The van der Waals surface area contributed by atoms with Gasteiger partial charge in [0.05, 0.1) is 5.56 Å². The zero-order valence-electron chi connectivity index (χ0n) is 10.8. The number of halogens is 3. The van der Waals surface area contributed by atoms with Crippen LogP contribution in [0.2, 0.25) is 0 Å². The lowest BCUT2D eigenvalue weighted by atomic mass is 10.1. The van der Waals surface area contributed by atoms with Gasteiger partial charge in [-0.15, -0.1) is 13.2 Å². The van der Waals surface area contributed by atoms with E-state index in [4.69, 9.17) is 4.74 Å². The summed E-state index contributed by atoms with van der Waals surface area (Å²) in [5.41, 5.74) is -0.175. The first-order valence-electron chi connectivity index (χ1n) is 6.01. The van der Waals surface area contributed by atoms with Gasteiger partial charge < -0.3 is 9.47 Å². The Morgan fingerprint density at radius 2 is 1.57 bits per heavy atom. The first kappa shape index (κ1) is 14.9. The molecule has 21 heavy (non-hydrogen) atoms. The number of carbonyl (C=O) groups is 1. The third kappa shape index (κ3) is 4.52. The summed E-state index contributed by atoms with van der Waals surface area (Å²) in [7, 11) is 0. The van der Waals surface area contributed by atoms with Crippen molar-refractivity contribution in [1.29, 1.82) is 0 Å². The molecule has 0 unspecified atom stereocenters. The van der Waals surface area contributed by atoms with Crippen LogP contribution < -0.4 is 9.47 Å². The van der Waals surface area contributed by atoms with Gasteiger partial charge >= 0.3 is 6.36 Å². The standard InChI is InChI=1S/C15H11F3O3/c16-15(17,18)21-14-9-5-4-8-12(14)13(19)10-20-11-6-2-1-3-7-11/h1-9H,10H2. The predicted molar refractivity (Wildman–Crippen MR) is 69.4 cm³/mol. The third-order valence-electron chi connectivity index (χ3n) is 2.53. The van der Waals surface area contributed by atoms with E-state index in [1.165, 1.54) is 18.2 Å². The second-order valence-corrected chi connectivity index (χ2v) is 4.07. The van der Waals surface area contributed by atoms with Gasteiger partial charge in [0.2, 0.25) is 5.78 Å². The molecule has 0 spiro atoms. The van der Waals surface area contributed by atoms with Gasteiger partial charge in [0.1, 0.15) is 11.5 Å². The monoisotopic (exact) mass is 296 g/mol. The Morgan fingerprint density at radius 3 is 2.24 bits per heavy atom. The number of rotatable bonds is 5. The van der Waals surface area contributed by atoms with Gasteiger partial charge in [-0.1, -0.05) is 30.3 Å². The van der Waals surface area contributed by atoms with E-state index in [2.05, 4.69) is 4.74 Å². The third-order valence-corrected chi connectivity index (χ3v) is 2.53. The molecule has 0 radical (unpaired) electrons. The normalized spacial score (nSPS) is 11.0. The van der Waals surface area contributed by atoms with E-state index < -0.39 is 17.9 Å². The highest BCUT2D eigenvalue weighted by Gasteiger charge is 2.32. The van der Waals surface area contributed by atoms with Crippen molar-refractivity contribution in [2.75, 3.05) is 6.61 Å². The number of ether oxygens (including phenoxy) is 2. The molecule has 0 aliphatic carbocycles. The maximum Gasteiger partial charge on any atom is 0.573 e. The maximum absolute atomic E-state index is 12.3. The first-order chi connectivity index (χ1) is 9.96. The zero-order chi connectivity index (χ0) is 15.3. The summed E-state index contributed by atoms with van der Waals surface area (Å²) in [6.07, 6.45) is -4.85. The van der Waals surface area contributed by atoms with Crippen LogP contribution in [0, 0.1) is 0 Å². The fourth-order valence-corrected chi connectivity index (χ4v) is 1.65. The molecule has 2 aromatic carbocycles. The molecular formula is C15H11F3O3. The number of alkyl halides is 3. The molecular weight excluding hydrogens is 285 g/mol. The van der Waals surface area contributed by atoms with Crippen LogP contribution in [0.4, 0.5) is 13.2 Å². The molecule has 0 aliphatic heterocycles. The number of benzene rings is 2. The van der Waals surface area contributed by atoms with Crippen molar-refractivity contribution < 1.29 is 27.4 Å². The molecule has 0 atom stereocenters. The molecule has 0 aliphatic rings. The van der Waals surface area contributed by atoms with Crippen LogP contribution in [0.25, 0.3) is 0 Å². The lowest BCUT2D eigenvalue weighted by Gasteiger charge is -2.12. The van der Waals surface area contributed by atoms with E-state index in [1.54, 1.807) is 30.3 Å². The van der Waals surface area contributed by atoms with Crippen molar-refractivity contribution in [3.8, 4) is 11.5 Å². The average Bonchev–Trinajstić information content (AvgIpc) is 2.45. The van der Waals surface area contributed by atoms with Crippen LogP contribution in [0.5, 0.6) is 11.5 Å². The van der Waals surface area contributed by atoms with Crippen molar-refractivity contribution in [3.63, 3.8) is 0 Å². The van der Waals surface area contributed by atoms with Gasteiger partial charge in [0.15, 0.2) is 6.61 Å². The lowest BCUT2D eigenvalue weighted by molar-refractivity contribution is -0.274. The largest absolute Gasteiger partial charge is 0.573 e. The van der Waals surface area contributed by atoms with E-state index in [0.29, 0.717) is 5.75 Å². The van der Waals surface area contributed by atoms with E-state index in [1.807, 2.05) is 0 Å². The highest BCUT2D eigenvalue weighted by Crippen LogP contribution is 2.26. The molecule has 6 heteroatoms. The van der Waals surface area contributed by atoms with E-state index in [0.717, 1.165) is 6.07 Å². The van der Waals surface area contributed by atoms with Crippen LogP contribution in [0.3, 0.4) is 0 Å². The second-order valence-electron chi connectivity index (χ2n) is 4.07. The van der Waals surface area contributed by atoms with Gasteiger partial charge in [-0.2, -0.15) is 0 Å². The molecule has 0 heterocycles. The Labute approximate surface area is 118 Å². The Morgan fingerprint density at radius 1 is 0.952 bits per heavy atom. The van der Waals surface area contributed by atoms with Gasteiger partial charge in [0.25, 0.3) is 0 Å². The van der Waals surface area contributed by atoms with E-state index >= 15 is 0 Å². The average molecular weight is 296 g/mol. The van der Waals surface area contributed by atoms with Crippen LogP contribution in [0.1, 0.15) is 10.4 Å². The summed E-state index contributed by atoms with van der Waals surface area (Å²) >= 11 is 0. The summed E-state index contributed by atoms with van der Waals surface area (Å²) in [6.45, 7) is -0.373. The minimum Gasteiger partial charge on any atom is -0.485 e. The van der Waals surface area contributed by atoms with Crippen molar-refractivity contribution >= 4 is 5.78 Å². The van der Waals surface area contributed by atoms with E-state index in [-0.39, 0.29) is 12.2 Å². The summed E-state index contributed by atoms with van der Waals surface area (Å²) in [5, 5.41) is 0. The summed E-state index contributed by atoms with van der Waals surface area (Å²) in [6, 6.07) is 13.7. The van der Waals surface area contributed by atoms with Crippen molar-refractivity contribution in [2.45, 2.75) is 6.36 Å². The van der Waals surface area contributed by atoms with Crippen LogP contribution in [-0.4, -0.2) is 18.8 Å². The summed E-state index contributed by atoms with van der Waals surface area (Å²) in [4.78, 5) is 12.0. The topological polar surface area (TPSA) is 35.5 Å². The zero-order valence-corrected chi connectivity index (χ0v) is 10.8. The predicted octanol–water partition coefficient (Wildman–Crippen LogP) is 3.85. The Balaban J connectivity index is 2.09. The molecule has 110 valence electrons. The highest BCUT2D eigenvalue weighted by molar-refractivity contribution is 5.99. The molecule has 2 aromatic rings. The van der Waals surface area contributed by atoms with Gasteiger partial charge in [-0.25, -0.2) is 0 Å². The Bertz CT molecular complexity index is 609. The number of ketones is 1. The van der Waals surface area contributed by atoms with Crippen molar-refractivity contribution in [1.82, 2.24) is 0 Å². The minimum atomic E-state index is -4.85. The molecule has 0 amide bonds. The number of Topliss-reactive ketones (excluding diaryl/α,β-unsaturated/α-hetero) is 1. The molecule has 0 bridgehead atoms. The highest BCUT2D eigenvalue weighted by atomic mass is 19.4.